The maximum Gasteiger partial charge on any atom is 0.344 e. The van der Waals surface area contributed by atoms with Crippen LogP contribution in [0, 0.1) is 0 Å². The molecule has 2 N–H and O–H groups in total. The summed E-state index contributed by atoms with van der Waals surface area (Å²) in [7, 11) is 0. The summed E-state index contributed by atoms with van der Waals surface area (Å²) in [6.07, 6.45) is 0. The number of nitrogens with zero attached hydrogens (tertiary/aromatic N) is 3. The number of rotatable bonds is 4. The van der Waals surface area contributed by atoms with Crippen molar-refractivity contribution >= 4 is 34.0 Å². The molecule has 0 bridgehead atoms. The second-order valence-corrected chi connectivity index (χ2v) is 6.88. The molecule has 146 valence electrons. The van der Waals surface area contributed by atoms with Crippen LogP contribution in [-0.4, -0.2) is 20.5 Å². The van der Waals surface area contributed by atoms with Crippen LogP contribution in [0.5, 0.6) is 0 Å². The number of hydrogen-bond donors (Lipinski definition) is 1. The number of nitrogen functional groups attached to an aromatic ring is 1. The number of fused-ring (bicyclic) bond motifs is 2. The van der Waals surface area contributed by atoms with Gasteiger partial charge in [0.05, 0.1) is 11.0 Å². The Morgan fingerprint density at radius 2 is 1.43 bits per heavy atom. The van der Waals surface area contributed by atoms with Crippen LogP contribution in [0.1, 0.15) is 15.9 Å². The molecule has 5 aromatic rings. The van der Waals surface area contributed by atoms with Crippen molar-refractivity contribution in [3.8, 4) is 5.69 Å². The zero-order valence-electron chi connectivity index (χ0n) is 16.0. The fourth-order valence-corrected chi connectivity index (χ4v) is 3.50. The van der Waals surface area contributed by atoms with Crippen molar-refractivity contribution in [2.45, 2.75) is 6.61 Å². The monoisotopic (exact) mass is 394 g/mol. The molecule has 2 heterocycles. The highest BCUT2D eigenvalue weighted by atomic mass is 16.5. The summed E-state index contributed by atoms with van der Waals surface area (Å²) in [5.74, 6) is -0.273. The Balaban J connectivity index is 1.67. The smallest absolute Gasteiger partial charge is 0.344 e. The van der Waals surface area contributed by atoms with E-state index in [-0.39, 0.29) is 18.0 Å². The minimum absolute atomic E-state index is 0.151. The molecule has 0 amide bonds. The molecule has 6 heteroatoms. The number of carbonyl (C=O) groups excluding carboxylic acids is 1. The van der Waals surface area contributed by atoms with Gasteiger partial charge in [0.1, 0.15) is 23.5 Å². The van der Waals surface area contributed by atoms with E-state index < -0.39 is 5.97 Å². The molecule has 3 aromatic carbocycles. The zero-order chi connectivity index (χ0) is 20.5. The Labute approximate surface area is 172 Å². The molecule has 0 spiro atoms. The minimum atomic E-state index is -0.527. The van der Waals surface area contributed by atoms with Crippen LogP contribution in [0.25, 0.3) is 27.9 Å². The molecule has 0 saturated heterocycles. The topological polar surface area (TPSA) is 83.0 Å². The second kappa shape index (κ2) is 7.33. The molecular formula is C24H18N4O2. The van der Waals surface area contributed by atoms with E-state index in [1.165, 1.54) is 0 Å². The fraction of sp³-hybridized carbons (Fsp3) is 0.0417. The van der Waals surface area contributed by atoms with Crippen LogP contribution in [0.15, 0.2) is 84.9 Å². The summed E-state index contributed by atoms with van der Waals surface area (Å²) in [6, 6.07) is 26.6. The lowest BCUT2D eigenvalue weighted by Crippen LogP contribution is -2.09. The van der Waals surface area contributed by atoms with Crippen LogP contribution in [0.3, 0.4) is 0 Å². The summed E-state index contributed by atoms with van der Waals surface area (Å²) in [5, 5.41) is 0. The summed E-state index contributed by atoms with van der Waals surface area (Å²) in [6.45, 7) is 0.151. The van der Waals surface area contributed by atoms with Crippen LogP contribution in [0.2, 0.25) is 0 Å². The summed E-state index contributed by atoms with van der Waals surface area (Å²) in [4.78, 5) is 22.5. The molecule has 0 aliphatic carbocycles. The van der Waals surface area contributed by atoms with Crippen molar-refractivity contribution < 1.29 is 9.53 Å². The normalized spacial score (nSPS) is 11.1. The standard InChI is InChI=1S/C24H18N4O2/c25-22-20(24(29)30-15-16-9-3-1-4-10-16)21-23(28(22)17-11-5-2-6-12-17)27-19-14-8-7-13-18(19)26-21/h1-14H,15,25H2. The highest BCUT2D eigenvalue weighted by molar-refractivity contribution is 6.09. The predicted molar refractivity (Wildman–Crippen MR) is 116 cm³/mol. The highest BCUT2D eigenvalue weighted by Gasteiger charge is 2.25. The molecule has 0 fully saturated rings. The van der Waals surface area contributed by atoms with Gasteiger partial charge in [0.25, 0.3) is 0 Å². The zero-order valence-corrected chi connectivity index (χ0v) is 16.0. The van der Waals surface area contributed by atoms with Gasteiger partial charge in [-0.05, 0) is 29.8 Å². The molecule has 0 aliphatic rings. The molecular weight excluding hydrogens is 376 g/mol. The quantitative estimate of drug-likeness (QED) is 0.453. The maximum absolute atomic E-state index is 13.1. The first-order chi connectivity index (χ1) is 14.7. The van der Waals surface area contributed by atoms with Crippen molar-refractivity contribution in [3.05, 3.63) is 96.1 Å². The van der Waals surface area contributed by atoms with Crippen molar-refractivity contribution in [2.24, 2.45) is 0 Å². The Kier molecular flexibility index (Phi) is 4.37. The van der Waals surface area contributed by atoms with E-state index in [2.05, 4.69) is 0 Å². The number of anilines is 1. The minimum Gasteiger partial charge on any atom is -0.457 e. The van der Waals surface area contributed by atoms with Crippen LogP contribution < -0.4 is 5.73 Å². The number of carbonyl (C=O) groups is 1. The van der Waals surface area contributed by atoms with E-state index in [0.717, 1.165) is 16.8 Å². The Bertz CT molecular complexity index is 1360. The van der Waals surface area contributed by atoms with Crippen molar-refractivity contribution in [3.63, 3.8) is 0 Å². The average Bonchev–Trinajstić information content (AvgIpc) is 3.08. The van der Waals surface area contributed by atoms with Crippen molar-refractivity contribution in [1.29, 1.82) is 0 Å². The number of aromatic nitrogens is 3. The van der Waals surface area contributed by atoms with E-state index in [9.17, 15) is 4.79 Å². The lowest BCUT2D eigenvalue weighted by molar-refractivity contribution is 0.0476. The number of benzene rings is 3. The van der Waals surface area contributed by atoms with Crippen molar-refractivity contribution in [2.75, 3.05) is 5.73 Å². The average molecular weight is 394 g/mol. The number of ether oxygens (including phenoxy) is 1. The van der Waals surface area contributed by atoms with Gasteiger partial charge >= 0.3 is 5.97 Å². The van der Waals surface area contributed by atoms with Crippen molar-refractivity contribution in [1.82, 2.24) is 14.5 Å². The van der Waals surface area contributed by atoms with Gasteiger partial charge in [-0.25, -0.2) is 14.8 Å². The molecule has 0 saturated carbocycles. The van der Waals surface area contributed by atoms with Gasteiger partial charge in [0, 0.05) is 5.69 Å². The Morgan fingerprint density at radius 3 is 2.13 bits per heavy atom. The van der Waals surface area contributed by atoms with Crippen LogP contribution in [-0.2, 0) is 11.3 Å². The summed E-state index contributed by atoms with van der Waals surface area (Å²) < 4.78 is 7.31. The van der Waals surface area contributed by atoms with Gasteiger partial charge in [-0.2, -0.15) is 0 Å². The predicted octanol–water partition coefficient (Wildman–Crippen LogP) is 4.51. The Morgan fingerprint density at radius 1 is 0.833 bits per heavy atom. The number of esters is 1. The van der Waals surface area contributed by atoms with E-state index in [0.29, 0.717) is 16.7 Å². The van der Waals surface area contributed by atoms with Gasteiger partial charge in [0.2, 0.25) is 0 Å². The third-order valence-electron chi connectivity index (χ3n) is 4.93. The Hall–Kier alpha value is -4.19. The lowest BCUT2D eigenvalue weighted by Gasteiger charge is -2.08. The van der Waals surface area contributed by atoms with E-state index in [4.69, 9.17) is 20.4 Å². The SMILES string of the molecule is Nc1c(C(=O)OCc2ccccc2)c2nc3ccccc3nc2n1-c1ccccc1. The first kappa shape index (κ1) is 17.9. The molecule has 6 nitrogen and oxygen atoms in total. The van der Waals surface area contributed by atoms with E-state index in [1.54, 1.807) is 4.57 Å². The lowest BCUT2D eigenvalue weighted by atomic mass is 10.2. The first-order valence-electron chi connectivity index (χ1n) is 9.55. The number of para-hydroxylation sites is 3. The second-order valence-electron chi connectivity index (χ2n) is 6.88. The molecule has 2 aromatic heterocycles. The molecule has 5 rings (SSSR count). The molecule has 30 heavy (non-hydrogen) atoms. The van der Waals surface area contributed by atoms with E-state index >= 15 is 0 Å². The van der Waals surface area contributed by atoms with Crippen LogP contribution >= 0.6 is 0 Å². The van der Waals surface area contributed by atoms with Gasteiger partial charge in [-0.15, -0.1) is 0 Å². The third kappa shape index (κ3) is 3.04. The largest absolute Gasteiger partial charge is 0.457 e. The van der Waals surface area contributed by atoms with Gasteiger partial charge in [0.15, 0.2) is 5.65 Å². The first-order valence-corrected chi connectivity index (χ1v) is 9.55. The van der Waals surface area contributed by atoms with Gasteiger partial charge in [-0.3, -0.25) is 4.57 Å². The fourth-order valence-electron chi connectivity index (χ4n) is 3.50. The maximum atomic E-state index is 13.1. The molecule has 0 radical (unpaired) electrons. The van der Waals surface area contributed by atoms with Gasteiger partial charge < -0.3 is 10.5 Å². The van der Waals surface area contributed by atoms with Crippen LogP contribution in [0.4, 0.5) is 5.82 Å². The summed E-state index contributed by atoms with van der Waals surface area (Å²) in [5.41, 5.74) is 10.7. The van der Waals surface area contributed by atoms with E-state index in [1.807, 2.05) is 84.9 Å². The number of nitrogens with two attached hydrogens (primary N) is 1. The highest BCUT2D eigenvalue weighted by Crippen LogP contribution is 2.31. The third-order valence-corrected chi connectivity index (χ3v) is 4.93. The molecule has 0 aliphatic heterocycles. The van der Waals surface area contributed by atoms with Gasteiger partial charge in [-0.1, -0.05) is 60.7 Å². The number of hydrogen-bond acceptors (Lipinski definition) is 5. The summed E-state index contributed by atoms with van der Waals surface area (Å²) >= 11 is 0. The molecule has 0 unspecified atom stereocenters. The molecule has 0 atom stereocenters.